The highest BCUT2D eigenvalue weighted by Crippen LogP contribution is 2.57. The Balaban J connectivity index is 1.66. The van der Waals surface area contributed by atoms with E-state index < -0.39 is 48.4 Å². The lowest BCUT2D eigenvalue weighted by Gasteiger charge is -2.37. The van der Waals surface area contributed by atoms with E-state index in [1.807, 2.05) is 0 Å². The Labute approximate surface area is 210 Å². The van der Waals surface area contributed by atoms with E-state index in [0.29, 0.717) is 11.1 Å². The van der Waals surface area contributed by atoms with Gasteiger partial charge in [0, 0.05) is 23.3 Å². The number of rotatable bonds is 4. The van der Waals surface area contributed by atoms with Crippen LogP contribution in [0.5, 0.6) is 23.0 Å². The Morgan fingerprint density at radius 3 is 1.63 bits per heavy atom. The average Bonchev–Trinajstić information content (AvgIpc) is 3.17. The van der Waals surface area contributed by atoms with E-state index in [9.17, 15) is 43.2 Å². The minimum Gasteiger partial charge on any atom is -0.456 e. The van der Waals surface area contributed by atoms with Crippen molar-refractivity contribution in [1.82, 2.24) is 0 Å². The highest BCUT2D eigenvalue weighted by atomic mass is 32.2. The van der Waals surface area contributed by atoms with Gasteiger partial charge < -0.3 is 17.8 Å². The third kappa shape index (κ3) is 4.03. The summed E-state index contributed by atoms with van der Waals surface area (Å²) in [4.78, 5) is 0. The van der Waals surface area contributed by atoms with Gasteiger partial charge in [0.25, 0.3) is 0 Å². The summed E-state index contributed by atoms with van der Waals surface area (Å²) in [5.41, 5.74) is -11.3. The number of fused-ring (bicyclic) bond motifs is 6. The summed E-state index contributed by atoms with van der Waals surface area (Å²) in [6.07, 6.45) is 0. The molecule has 2 aliphatic heterocycles. The predicted octanol–water partition coefficient (Wildman–Crippen LogP) is 5.07. The van der Waals surface area contributed by atoms with Crippen molar-refractivity contribution in [2.45, 2.75) is 23.2 Å². The average molecular weight is 582 g/mol. The zero-order valence-electron chi connectivity index (χ0n) is 18.3. The van der Waals surface area contributed by atoms with Crippen molar-refractivity contribution in [3.05, 3.63) is 82.9 Å². The van der Waals surface area contributed by atoms with Crippen LogP contribution in [0.3, 0.4) is 0 Å². The molecule has 0 amide bonds. The van der Waals surface area contributed by atoms with Crippen LogP contribution in [-0.4, -0.2) is 27.9 Å². The van der Waals surface area contributed by atoms with Gasteiger partial charge >= 0.3 is 31.3 Å². The Bertz CT molecular complexity index is 1570. The molecule has 5 rings (SSSR count). The zero-order valence-corrected chi connectivity index (χ0v) is 20.0. The summed E-state index contributed by atoms with van der Waals surface area (Å²) in [7, 11) is -12.1. The first kappa shape index (κ1) is 26.1. The zero-order chi connectivity index (χ0) is 27.7. The summed E-state index contributed by atoms with van der Waals surface area (Å²) in [5.74, 6) is -2.09. The molecular weight excluding hydrogens is 570 g/mol. The number of halogens is 6. The summed E-state index contributed by atoms with van der Waals surface area (Å²) < 4.78 is 143. The monoisotopic (exact) mass is 582 g/mol. The van der Waals surface area contributed by atoms with E-state index in [1.165, 1.54) is 12.1 Å². The summed E-state index contributed by atoms with van der Waals surface area (Å²) in [5, 5.41) is 0. The van der Waals surface area contributed by atoms with Crippen LogP contribution in [0.25, 0.3) is 0 Å². The van der Waals surface area contributed by atoms with Crippen LogP contribution < -0.4 is 13.1 Å². The van der Waals surface area contributed by atoms with Gasteiger partial charge in [-0.15, -0.1) is 0 Å². The number of hydrogen-bond donors (Lipinski definition) is 0. The fourth-order valence-corrected chi connectivity index (χ4v) is 5.07. The molecule has 0 aromatic heterocycles. The van der Waals surface area contributed by atoms with Gasteiger partial charge in [-0.05, 0) is 35.4 Å². The minimum absolute atomic E-state index is 0.0520. The second-order valence-electron chi connectivity index (χ2n) is 8.01. The van der Waals surface area contributed by atoms with Crippen LogP contribution in [0.1, 0.15) is 22.3 Å². The fourth-order valence-electron chi connectivity index (χ4n) is 4.17. The second-order valence-corrected chi connectivity index (χ2v) is 11.1. The molecule has 3 aromatic carbocycles. The minimum atomic E-state index is -6.04. The number of hydrogen-bond acceptors (Lipinski definition) is 8. The first-order valence-corrected chi connectivity index (χ1v) is 13.1. The quantitative estimate of drug-likeness (QED) is 0.239. The molecular formula is C22H12F6O8S2. The molecule has 16 heteroatoms. The number of benzene rings is 3. The van der Waals surface area contributed by atoms with Gasteiger partial charge in [0.15, 0.2) is 5.60 Å². The molecule has 0 saturated heterocycles. The molecule has 2 heterocycles. The van der Waals surface area contributed by atoms with E-state index in [4.69, 9.17) is 9.47 Å². The molecule has 0 N–H and O–H groups in total. The maximum atomic E-state index is 12.8. The van der Waals surface area contributed by atoms with E-state index in [0.717, 1.165) is 24.3 Å². The molecule has 0 radical (unpaired) electrons. The molecule has 1 spiro atoms. The third-order valence-corrected chi connectivity index (χ3v) is 7.66. The molecule has 202 valence electrons. The highest BCUT2D eigenvalue weighted by Gasteiger charge is 2.52. The maximum absolute atomic E-state index is 12.8. The lowest BCUT2D eigenvalue weighted by Crippen LogP contribution is -2.32. The lowest BCUT2D eigenvalue weighted by molar-refractivity contribution is -0.0504. The van der Waals surface area contributed by atoms with Gasteiger partial charge in [-0.25, -0.2) is 0 Å². The van der Waals surface area contributed by atoms with Crippen molar-refractivity contribution in [1.29, 1.82) is 0 Å². The summed E-state index contributed by atoms with van der Waals surface area (Å²) >= 11 is 0. The van der Waals surface area contributed by atoms with E-state index in [1.54, 1.807) is 24.3 Å². The fraction of sp³-hybridized carbons (Fsp3) is 0.182. The first-order chi connectivity index (χ1) is 17.6. The molecule has 3 aromatic rings. The SMILES string of the molecule is O=S(=O)(Oc1ccc2c(c1)Oc1cc(OS(=O)(=O)C(F)(F)F)ccc1C21OCc2ccccc21)C(F)(F)F. The molecule has 0 fully saturated rings. The van der Waals surface area contributed by atoms with Crippen LogP contribution in [-0.2, 0) is 37.2 Å². The van der Waals surface area contributed by atoms with E-state index >= 15 is 0 Å². The van der Waals surface area contributed by atoms with Crippen molar-refractivity contribution in [3.63, 3.8) is 0 Å². The molecule has 0 saturated carbocycles. The molecule has 0 unspecified atom stereocenters. The first-order valence-electron chi connectivity index (χ1n) is 10.3. The summed E-state index contributed by atoms with van der Waals surface area (Å²) in [6.45, 7) is 0.0520. The van der Waals surface area contributed by atoms with Crippen molar-refractivity contribution in [2.24, 2.45) is 0 Å². The van der Waals surface area contributed by atoms with Crippen LogP contribution in [0.15, 0.2) is 60.7 Å². The van der Waals surface area contributed by atoms with E-state index in [2.05, 4.69) is 8.37 Å². The smallest absolute Gasteiger partial charge is 0.456 e. The lowest BCUT2D eigenvalue weighted by atomic mass is 9.77. The summed E-state index contributed by atoms with van der Waals surface area (Å²) in [6, 6.07) is 12.8. The van der Waals surface area contributed by atoms with E-state index in [-0.39, 0.29) is 29.2 Å². The van der Waals surface area contributed by atoms with Crippen LogP contribution in [0.4, 0.5) is 26.3 Å². The van der Waals surface area contributed by atoms with Crippen LogP contribution in [0.2, 0.25) is 0 Å². The third-order valence-electron chi connectivity index (χ3n) is 5.70. The Hall–Kier alpha value is -3.50. The second kappa shape index (κ2) is 8.25. The van der Waals surface area contributed by atoms with Gasteiger partial charge in [0.1, 0.15) is 23.0 Å². The van der Waals surface area contributed by atoms with Gasteiger partial charge in [0.05, 0.1) is 6.61 Å². The standard InChI is InChI=1S/C22H12F6O8S2/c23-21(24,25)37(29,30)35-13-5-7-16-18(9-13)34-19-10-14(36-38(31,32)22(26,27)28)6-8-17(19)20(16)15-4-2-1-3-12(15)11-33-20/h1-10H,11H2. The topological polar surface area (TPSA) is 105 Å². The molecule has 2 aliphatic rings. The molecule has 0 aliphatic carbocycles. The Kier molecular flexibility index (Phi) is 5.67. The maximum Gasteiger partial charge on any atom is 0.534 e. The Morgan fingerprint density at radius 2 is 1.16 bits per heavy atom. The Morgan fingerprint density at radius 1 is 0.684 bits per heavy atom. The van der Waals surface area contributed by atoms with Gasteiger partial charge in [-0.3, -0.25) is 0 Å². The molecule has 0 bridgehead atoms. The molecule has 0 atom stereocenters. The molecule has 8 nitrogen and oxygen atoms in total. The largest absolute Gasteiger partial charge is 0.534 e. The van der Waals surface area contributed by atoms with Crippen molar-refractivity contribution in [2.75, 3.05) is 0 Å². The van der Waals surface area contributed by atoms with Crippen molar-refractivity contribution < 1.29 is 61.0 Å². The van der Waals surface area contributed by atoms with Gasteiger partial charge in [-0.2, -0.15) is 43.2 Å². The van der Waals surface area contributed by atoms with Gasteiger partial charge in [-0.1, -0.05) is 24.3 Å². The van der Waals surface area contributed by atoms with Crippen LogP contribution >= 0.6 is 0 Å². The molecule has 38 heavy (non-hydrogen) atoms. The number of ether oxygens (including phenoxy) is 2. The normalized spacial score (nSPS) is 16.3. The van der Waals surface area contributed by atoms with Crippen molar-refractivity contribution in [3.8, 4) is 23.0 Å². The number of alkyl halides is 6. The van der Waals surface area contributed by atoms with Crippen LogP contribution in [0, 0.1) is 0 Å². The predicted molar refractivity (Wildman–Crippen MR) is 115 cm³/mol. The van der Waals surface area contributed by atoms with Crippen molar-refractivity contribution >= 4 is 20.2 Å². The highest BCUT2D eigenvalue weighted by molar-refractivity contribution is 7.88. The van der Waals surface area contributed by atoms with Gasteiger partial charge in [0.2, 0.25) is 0 Å².